The van der Waals surface area contributed by atoms with Crippen molar-refractivity contribution in [2.24, 2.45) is 0 Å². The monoisotopic (exact) mass is 260 g/mol. The molecule has 2 rings (SSSR count). The molecule has 0 aliphatic carbocycles. The standard InChI is InChI=1S/C15H20N2O2/c1-3-12-6-8-13(9-7-12)16-15(18)17-10-4-5-14(11-17)19-2/h3,6-9,14H,1,4-5,10-11H2,2H3,(H,16,18). The molecule has 0 spiro atoms. The van der Waals surface area contributed by atoms with Gasteiger partial charge in [-0.1, -0.05) is 24.8 Å². The summed E-state index contributed by atoms with van der Waals surface area (Å²) in [4.78, 5) is 13.9. The second-order valence-corrected chi connectivity index (χ2v) is 4.70. The molecule has 1 fully saturated rings. The first-order valence-electron chi connectivity index (χ1n) is 6.54. The molecule has 1 saturated heterocycles. The van der Waals surface area contributed by atoms with E-state index in [-0.39, 0.29) is 12.1 Å². The second kappa shape index (κ2) is 6.38. The van der Waals surface area contributed by atoms with Crippen molar-refractivity contribution in [3.63, 3.8) is 0 Å². The van der Waals surface area contributed by atoms with Crippen LogP contribution in [0.3, 0.4) is 0 Å². The molecular formula is C15H20N2O2. The lowest BCUT2D eigenvalue weighted by Crippen LogP contribution is -2.44. The summed E-state index contributed by atoms with van der Waals surface area (Å²) < 4.78 is 5.32. The van der Waals surface area contributed by atoms with Crippen molar-refractivity contribution in [2.75, 3.05) is 25.5 Å². The molecular weight excluding hydrogens is 240 g/mol. The maximum atomic E-state index is 12.1. The number of nitrogens with zero attached hydrogens (tertiary/aromatic N) is 1. The summed E-state index contributed by atoms with van der Waals surface area (Å²) in [6, 6.07) is 7.56. The number of ether oxygens (including phenoxy) is 1. The van der Waals surface area contributed by atoms with Gasteiger partial charge in [-0.3, -0.25) is 0 Å². The van der Waals surface area contributed by atoms with Gasteiger partial charge < -0.3 is 15.0 Å². The SMILES string of the molecule is C=Cc1ccc(NC(=O)N2CCCC(OC)C2)cc1. The first-order valence-corrected chi connectivity index (χ1v) is 6.54. The number of likely N-dealkylation sites (tertiary alicyclic amines) is 1. The number of carbonyl (C=O) groups excluding carboxylic acids is 1. The number of anilines is 1. The third-order valence-electron chi connectivity index (χ3n) is 3.40. The minimum absolute atomic E-state index is 0.0619. The molecule has 4 nitrogen and oxygen atoms in total. The number of nitrogens with one attached hydrogen (secondary N) is 1. The maximum absolute atomic E-state index is 12.1. The molecule has 1 aromatic rings. The summed E-state index contributed by atoms with van der Waals surface area (Å²) >= 11 is 0. The van der Waals surface area contributed by atoms with E-state index in [1.54, 1.807) is 18.1 Å². The van der Waals surface area contributed by atoms with Gasteiger partial charge in [-0.2, -0.15) is 0 Å². The molecule has 0 saturated carbocycles. The number of urea groups is 1. The van der Waals surface area contributed by atoms with Crippen molar-refractivity contribution < 1.29 is 9.53 Å². The van der Waals surface area contributed by atoms with E-state index in [1.165, 1.54) is 0 Å². The quantitative estimate of drug-likeness (QED) is 0.907. The Balaban J connectivity index is 1.94. The third kappa shape index (κ3) is 3.58. The highest BCUT2D eigenvalue weighted by Crippen LogP contribution is 2.15. The Bertz CT molecular complexity index is 442. The van der Waals surface area contributed by atoms with Gasteiger partial charge in [0.2, 0.25) is 0 Å². The van der Waals surface area contributed by atoms with Crippen molar-refractivity contribution in [3.8, 4) is 0 Å². The van der Waals surface area contributed by atoms with E-state index in [0.717, 1.165) is 30.6 Å². The van der Waals surface area contributed by atoms with E-state index in [4.69, 9.17) is 4.74 Å². The van der Waals surface area contributed by atoms with Gasteiger partial charge in [-0.25, -0.2) is 4.79 Å². The molecule has 1 N–H and O–H groups in total. The summed E-state index contributed by atoms with van der Waals surface area (Å²) in [6.45, 7) is 5.15. The zero-order chi connectivity index (χ0) is 13.7. The predicted molar refractivity (Wildman–Crippen MR) is 77.2 cm³/mol. The molecule has 0 radical (unpaired) electrons. The lowest BCUT2D eigenvalue weighted by atomic mass is 10.1. The van der Waals surface area contributed by atoms with Gasteiger partial charge in [-0.15, -0.1) is 0 Å². The number of hydrogen-bond acceptors (Lipinski definition) is 2. The molecule has 1 aliphatic heterocycles. The van der Waals surface area contributed by atoms with Crippen molar-refractivity contribution in [1.29, 1.82) is 0 Å². The molecule has 19 heavy (non-hydrogen) atoms. The van der Waals surface area contributed by atoms with Crippen molar-refractivity contribution in [3.05, 3.63) is 36.4 Å². The van der Waals surface area contributed by atoms with Gasteiger partial charge in [0.15, 0.2) is 0 Å². The molecule has 1 heterocycles. The van der Waals surface area contributed by atoms with E-state index in [9.17, 15) is 4.79 Å². The van der Waals surface area contributed by atoms with Gasteiger partial charge in [0.05, 0.1) is 6.10 Å². The highest BCUT2D eigenvalue weighted by molar-refractivity contribution is 5.89. The van der Waals surface area contributed by atoms with Crippen LogP contribution in [0.4, 0.5) is 10.5 Å². The average molecular weight is 260 g/mol. The Labute approximate surface area is 114 Å². The lowest BCUT2D eigenvalue weighted by molar-refractivity contribution is 0.0458. The minimum atomic E-state index is -0.0619. The van der Waals surface area contributed by atoms with Crippen LogP contribution in [0.1, 0.15) is 18.4 Å². The molecule has 4 heteroatoms. The number of benzene rings is 1. The van der Waals surface area contributed by atoms with Crippen LogP contribution in [0.2, 0.25) is 0 Å². The van der Waals surface area contributed by atoms with Crippen LogP contribution in [-0.2, 0) is 4.74 Å². The van der Waals surface area contributed by atoms with Gasteiger partial charge in [0, 0.05) is 25.9 Å². The van der Waals surface area contributed by atoms with Crippen LogP contribution in [0.5, 0.6) is 0 Å². The summed E-state index contributed by atoms with van der Waals surface area (Å²) in [5.41, 5.74) is 1.84. The van der Waals surface area contributed by atoms with Crippen LogP contribution in [0.15, 0.2) is 30.8 Å². The number of rotatable bonds is 3. The molecule has 102 valence electrons. The van der Waals surface area contributed by atoms with Gasteiger partial charge in [0.25, 0.3) is 0 Å². The van der Waals surface area contributed by atoms with Crippen LogP contribution in [0.25, 0.3) is 6.08 Å². The molecule has 0 bridgehead atoms. The maximum Gasteiger partial charge on any atom is 0.321 e. The van der Waals surface area contributed by atoms with Crippen LogP contribution < -0.4 is 5.32 Å². The van der Waals surface area contributed by atoms with Crippen LogP contribution in [0, 0.1) is 0 Å². The topological polar surface area (TPSA) is 41.6 Å². The van der Waals surface area contributed by atoms with E-state index in [0.29, 0.717) is 6.54 Å². The second-order valence-electron chi connectivity index (χ2n) is 4.70. The Kier molecular flexibility index (Phi) is 4.58. The number of methoxy groups -OCH3 is 1. The normalized spacial score (nSPS) is 19.0. The number of piperidine rings is 1. The van der Waals surface area contributed by atoms with E-state index < -0.39 is 0 Å². The molecule has 1 atom stereocenters. The first kappa shape index (κ1) is 13.6. The van der Waals surface area contributed by atoms with E-state index in [2.05, 4.69) is 11.9 Å². The van der Waals surface area contributed by atoms with Gasteiger partial charge >= 0.3 is 6.03 Å². The Morgan fingerprint density at radius 1 is 1.47 bits per heavy atom. The summed E-state index contributed by atoms with van der Waals surface area (Å²) in [5.74, 6) is 0. The zero-order valence-electron chi connectivity index (χ0n) is 11.3. The van der Waals surface area contributed by atoms with Crippen molar-refractivity contribution >= 4 is 17.8 Å². The highest BCUT2D eigenvalue weighted by atomic mass is 16.5. The van der Waals surface area contributed by atoms with Crippen LogP contribution >= 0.6 is 0 Å². The molecule has 2 amide bonds. The molecule has 1 unspecified atom stereocenters. The van der Waals surface area contributed by atoms with E-state index in [1.807, 2.05) is 24.3 Å². The third-order valence-corrected chi connectivity index (χ3v) is 3.40. The van der Waals surface area contributed by atoms with Crippen molar-refractivity contribution in [2.45, 2.75) is 18.9 Å². The molecule has 1 aromatic carbocycles. The highest BCUT2D eigenvalue weighted by Gasteiger charge is 2.23. The van der Waals surface area contributed by atoms with Crippen LogP contribution in [-0.4, -0.2) is 37.2 Å². The fourth-order valence-corrected chi connectivity index (χ4v) is 2.22. The summed E-state index contributed by atoms with van der Waals surface area (Å²) in [5, 5.41) is 2.90. The fourth-order valence-electron chi connectivity index (χ4n) is 2.22. The Hall–Kier alpha value is -1.81. The Morgan fingerprint density at radius 3 is 2.84 bits per heavy atom. The van der Waals surface area contributed by atoms with E-state index >= 15 is 0 Å². The fraction of sp³-hybridized carbons (Fsp3) is 0.400. The molecule has 1 aliphatic rings. The number of amides is 2. The first-order chi connectivity index (χ1) is 9.22. The summed E-state index contributed by atoms with van der Waals surface area (Å²) in [6.07, 6.45) is 3.94. The minimum Gasteiger partial charge on any atom is -0.380 e. The summed E-state index contributed by atoms with van der Waals surface area (Å²) in [7, 11) is 1.69. The van der Waals surface area contributed by atoms with Gasteiger partial charge in [-0.05, 0) is 30.5 Å². The van der Waals surface area contributed by atoms with Gasteiger partial charge in [0.1, 0.15) is 0 Å². The van der Waals surface area contributed by atoms with Crippen molar-refractivity contribution in [1.82, 2.24) is 4.90 Å². The number of carbonyl (C=O) groups is 1. The Morgan fingerprint density at radius 2 is 2.21 bits per heavy atom. The average Bonchev–Trinajstić information content (AvgIpc) is 2.48. The number of hydrogen-bond donors (Lipinski definition) is 1. The predicted octanol–water partition coefficient (Wildman–Crippen LogP) is 2.97. The zero-order valence-corrected chi connectivity index (χ0v) is 11.3. The largest absolute Gasteiger partial charge is 0.380 e. The lowest BCUT2D eigenvalue weighted by Gasteiger charge is -2.31. The smallest absolute Gasteiger partial charge is 0.321 e. The molecule has 0 aromatic heterocycles.